The Morgan fingerprint density at radius 3 is 2.60 bits per heavy atom. The quantitative estimate of drug-likeness (QED) is 0.858. The van der Waals surface area contributed by atoms with E-state index in [0.717, 1.165) is 35.0 Å². The van der Waals surface area contributed by atoms with Crippen LogP contribution in [0.1, 0.15) is 31.4 Å². The van der Waals surface area contributed by atoms with Gasteiger partial charge in [-0.15, -0.1) is 10.2 Å². The molecule has 0 bridgehead atoms. The maximum Gasteiger partial charge on any atom is 0.325 e. The standard InChI is InChI=1S/C18H25N5OS/c1-11-8-12(2)10-23(9-11)18-22-21-17(25-18)20-16(24)19-15-7-5-6-13(3)14(15)4/h5-7,11-12H,8-10H2,1-4H3,(H2,19,20,21,24)/t11-,12+. The van der Waals surface area contributed by atoms with Gasteiger partial charge in [0.05, 0.1) is 0 Å². The first kappa shape index (κ1) is 17.7. The number of hydrogen-bond donors (Lipinski definition) is 2. The summed E-state index contributed by atoms with van der Waals surface area (Å²) >= 11 is 1.42. The van der Waals surface area contributed by atoms with Crippen LogP contribution in [-0.4, -0.2) is 29.3 Å². The van der Waals surface area contributed by atoms with Gasteiger partial charge >= 0.3 is 6.03 Å². The van der Waals surface area contributed by atoms with E-state index in [1.165, 1.54) is 17.8 Å². The number of nitrogens with one attached hydrogen (secondary N) is 2. The number of nitrogens with zero attached hydrogens (tertiary/aromatic N) is 3. The number of amides is 2. The van der Waals surface area contributed by atoms with E-state index in [0.29, 0.717) is 17.0 Å². The second kappa shape index (κ2) is 7.39. The first-order chi connectivity index (χ1) is 11.9. The van der Waals surface area contributed by atoms with Crippen LogP contribution in [0.15, 0.2) is 18.2 Å². The van der Waals surface area contributed by atoms with Gasteiger partial charge in [-0.1, -0.05) is 37.3 Å². The van der Waals surface area contributed by atoms with E-state index < -0.39 is 0 Å². The van der Waals surface area contributed by atoms with Gasteiger partial charge in [0.25, 0.3) is 0 Å². The Balaban J connectivity index is 1.63. The van der Waals surface area contributed by atoms with Crippen molar-refractivity contribution in [3.8, 4) is 0 Å². The summed E-state index contributed by atoms with van der Waals surface area (Å²) in [6.07, 6.45) is 1.25. The molecule has 6 nitrogen and oxygen atoms in total. The van der Waals surface area contributed by atoms with Gasteiger partial charge in [-0.25, -0.2) is 4.79 Å². The minimum Gasteiger partial charge on any atom is -0.346 e. The molecule has 1 aliphatic rings. The Labute approximate surface area is 152 Å². The normalized spacial score (nSPS) is 20.4. The Morgan fingerprint density at radius 1 is 1.16 bits per heavy atom. The first-order valence-electron chi connectivity index (χ1n) is 8.65. The smallest absolute Gasteiger partial charge is 0.325 e. The van der Waals surface area contributed by atoms with Crippen molar-refractivity contribution in [3.63, 3.8) is 0 Å². The topological polar surface area (TPSA) is 70.1 Å². The van der Waals surface area contributed by atoms with E-state index in [2.05, 4.69) is 39.6 Å². The van der Waals surface area contributed by atoms with Crippen molar-refractivity contribution in [3.05, 3.63) is 29.3 Å². The van der Waals surface area contributed by atoms with E-state index >= 15 is 0 Å². The van der Waals surface area contributed by atoms with E-state index in [-0.39, 0.29) is 6.03 Å². The zero-order valence-electron chi connectivity index (χ0n) is 15.2. The van der Waals surface area contributed by atoms with Gasteiger partial charge in [0.1, 0.15) is 0 Å². The van der Waals surface area contributed by atoms with E-state index in [1.807, 2.05) is 32.0 Å². The van der Waals surface area contributed by atoms with Crippen molar-refractivity contribution in [1.29, 1.82) is 0 Å². The van der Waals surface area contributed by atoms with Crippen LogP contribution in [0.5, 0.6) is 0 Å². The van der Waals surface area contributed by atoms with Gasteiger partial charge in [0.15, 0.2) is 0 Å². The summed E-state index contributed by atoms with van der Waals surface area (Å²) in [5.41, 5.74) is 3.01. The molecular formula is C18H25N5OS. The van der Waals surface area contributed by atoms with Crippen LogP contribution in [0.4, 0.5) is 20.7 Å². The summed E-state index contributed by atoms with van der Waals surface area (Å²) in [7, 11) is 0. The van der Waals surface area contributed by atoms with E-state index in [4.69, 9.17) is 0 Å². The largest absolute Gasteiger partial charge is 0.346 e. The molecule has 3 rings (SSSR count). The highest BCUT2D eigenvalue weighted by Crippen LogP contribution is 2.30. The van der Waals surface area contributed by atoms with Crippen LogP contribution < -0.4 is 15.5 Å². The van der Waals surface area contributed by atoms with E-state index in [1.54, 1.807) is 0 Å². The molecule has 0 spiro atoms. The Kier molecular flexibility index (Phi) is 5.22. The molecule has 7 heteroatoms. The summed E-state index contributed by atoms with van der Waals surface area (Å²) in [5, 5.41) is 15.4. The summed E-state index contributed by atoms with van der Waals surface area (Å²) in [6.45, 7) is 10.5. The third-order valence-electron chi connectivity index (χ3n) is 4.63. The molecule has 1 fully saturated rings. The van der Waals surface area contributed by atoms with Crippen LogP contribution in [0, 0.1) is 25.7 Å². The number of aryl methyl sites for hydroxylation is 1. The average molecular weight is 359 g/mol. The average Bonchev–Trinajstić information content (AvgIpc) is 2.99. The second-order valence-electron chi connectivity index (χ2n) is 7.07. The van der Waals surface area contributed by atoms with E-state index in [9.17, 15) is 4.79 Å². The van der Waals surface area contributed by atoms with Gasteiger partial charge in [0, 0.05) is 18.8 Å². The number of anilines is 3. The summed E-state index contributed by atoms with van der Waals surface area (Å²) in [5.74, 6) is 1.30. The summed E-state index contributed by atoms with van der Waals surface area (Å²) in [6, 6.07) is 5.55. The molecule has 25 heavy (non-hydrogen) atoms. The molecule has 0 aliphatic carbocycles. The highest BCUT2D eigenvalue weighted by Gasteiger charge is 2.24. The molecule has 1 aromatic carbocycles. The van der Waals surface area contributed by atoms with Gasteiger partial charge in [-0.2, -0.15) is 0 Å². The van der Waals surface area contributed by atoms with Crippen molar-refractivity contribution in [2.75, 3.05) is 28.6 Å². The zero-order chi connectivity index (χ0) is 18.0. The fraction of sp³-hybridized carbons (Fsp3) is 0.500. The van der Waals surface area contributed by atoms with Gasteiger partial charge in [0.2, 0.25) is 10.3 Å². The van der Waals surface area contributed by atoms with Crippen molar-refractivity contribution >= 4 is 33.3 Å². The van der Waals surface area contributed by atoms with Crippen LogP contribution in [0.3, 0.4) is 0 Å². The van der Waals surface area contributed by atoms with Crippen LogP contribution in [0.25, 0.3) is 0 Å². The Morgan fingerprint density at radius 2 is 1.88 bits per heavy atom. The molecule has 2 heterocycles. The molecule has 0 saturated carbocycles. The highest BCUT2D eigenvalue weighted by atomic mass is 32.1. The second-order valence-corrected chi connectivity index (χ2v) is 8.02. The number of piperidine rings is 1. The molecule has 2 aromatic rings. The molecule has 0 radical (unpaired) electrons. The number of rotatable bonds is 3. The lowest BCUT2D eigenvalue weighted by Gasteiger charge is -2.34. The van der Waals surface area contributed by atoms with Crippen LogP contribution in [-0.2, 0) is 0 Å². The van der Waals surface area contributed by atoms with Crippen LogP contribution in [0.2, 0.25) is 0 Å². The van der Waals surface area contributed by atoms with Gasteiger partial charge < -0.3 is 10.2 Å². The third kappa shape index (κ3) is 4.28. The fourth-order valence-electron chi connectivity index (χ4n) is 3.35. The third-order valence-corrected chi connectivity index (χ3v) is 5.53. The minimum atomic E-state index is -0.295. The Bertz CT molecular complexity index is 750. The maximum absolute atomic E-state index is 12.2. The van der Waals surface area contributed by atoms with Crippen molar-refractivity contribution in [1.82, 2.24) is 10.2 Å². The molecule has 2 N–H and O–H groups in total. The number of hydrogen-bond acceptors (Lipinski definition) is 5. The number of carbonyl (C=O) groups excluding carboxylic acids is 1. The van der Waals surface area contributed by atoms with Crippen molar-refractivity contribution in [2.24, 2.45) is 11.8 Å². The molecule has 2 atom stereocenters. The fourth-order valence-corrected chi connectivity index (χ4v) is 4.11. The summed E-state index contributed by atoms with van der Waals surface area (Å²) in [4.78, 5) is 14.5. The lowest BCUT2D eigenvalue weighted by atomic mass is 9.92. The molecule has 1 aromatic heterocycles. The number of aromatic nitrogens is 2. The molecule has 1 saturated heterocycles. The lowest BCUT2D eigenvalue weighted by Crippen LogP contribution is -2.38. The lowest BCUT2D eigenvalue weighted by molar-refractivity contribution is 0.262. The minimum absolute atomic E-state index is 0.295. The molecule has 1 aliphatic heterocycles. The maximum atomic E-state index is 12.2. The molecular weight excluding hydrogens is 334 g/mol. The van der Waals surface area contributed by atoms with Gasteiger partial charge in [-0.3, -0.25) is 5.32 Å². The monoisotopic (exact) mass is 359 g/mol. The predicted octanol–water partition coefficient (Wildman–Crippen LogP) is 4.28. The number of urea groups is 1. The predicted molar refractivity (Wildman–Crippen MR) is 104 cm³/mol. The number of carbonyl (C=O) groups is 1. The number of benzene rings is 1. The molecule has 2 amide bonds. The van der Waals surface area contributed by atoms with Crippen LogP contribution >= 0.6 is 11.3 Å². The van der Waals surface area contributed by atoms with Crippen molar-refractivity contribution in [2.45, 2.75) is 34.1 Å². The van der Waals surface area contributed by atoms with Crippen molar-refractivity contribution < 1.29 is 4.79 Å². The first-order valence-corrected chi connectivity index (χ1v) is 9.46. The molecule has 0 unspecified atom stereocenters. The highest BCUT2D eigenvalue weighted by molar-refractivity contribution is 7.19. The summed E-state index contributed by atoms with van der Waals surface area (Å²) < 4.78 is 0. The zero-order valence-corrected chi connectivity index (χ0v) is 16.0. The molecule has 134 valence electrons. The SMILES string of the molecule is Cc1cccc(NC(=O)Nc2nnc(N3C[C@H](C)C[C@H](C)C3)s2)c1C. The van der Waals surface area contributed by atoms with Gasteiger partial charge in [-0.05, 0) is 49.3 Å². The Hall–Kier alpha value is -2.15.